The third-order valence-electron chi connectivity index (χ3n) is 3.49. The largest absolute Gasteiger partial charge is 0.281 e. The third-order valence-corrected chi connectivity index (χ3v) is 3.80. The highest BCUT2D eigenvalue weighted by molar-refractivity contribution is 6.64. The minimum absolute atomic E-state index is 0.0171. The van der Waals surface area contributed by atoms with E-state index in [-0.39, 0.29) is 11.2 Å². The Morgan fingerprint density at radius 2 is 2.00 bits per heavy atom. The maximum absolute atomic E-state index is 11.4. The average molecular weight is 237 g/mol. The Balaban J connectivity index is 2.00. The van der Waals surface area contributed by atoms with Gasteiger partial charge < -0.3 is 0 Å². The molecule has 86 valence electrons. The quantitative estimate of drug-likeness (QED) is 0.711. The van der Waals surface area contributed by atoms with Crippen molar-refractivity contribution in [3.63, 3.8) is 0 Å². The predicted octanol–water partition coefficient (Wildman–Crippen LogP) is 3.80. The molecular formula is C14H17ClO. The SMILES string of the molecule is CC1(C[C@H](Cc2ccccc2)C(=O)Cl)CC1. The van der Waals surface area contributed by atoms with E-state index in [9.17, 15) is 4.79 Å². The molecule has 1 aliphatic rings. The zero-order chi connectivity index (χ0) is 11.6. The minimum Gasteiger partial charge on any atom is -0.281 e. The lowest BCUT2D eigenvalue weighted by molar-refractivity contribution is -0.115. The molecule has 2 rings (SSSR count). The molecule has 1 aromatic carbocycles. The first kappa shape index (κ1) is 11.7. The van der Waals surface area contributed by atoms with Gasteiger partial charge in [0.05, 0.1) is 0 Å². The second-order valence-electron chi connectivity index (χ2n) is 5.21. The molecule has 2 heteroatoms. The summed E-state index contributed by atoms with van der Waals surface area (Å²) in [5.74, 6) is -0.0171. The highest BCUT2D eigenvalue weighted by Gasteiger charge is 2.40. The topological polar surface area (TPSA) is 17.1 Å². The Labute approximate surface area is 102 Å². The summed E-state index contributed by atoms with van der Waals surface area (Å²) in [6.07, 6.45) is 4.19. The van der Waals surface area contributed by atoms with Crippen LogP contribution in [0.5, 0.6) is 0 Å². The third kappa shape index (κ3) is 3.08. The van der Waals surface area contributed by atoms with E-state index in [0.717, 1.165) is 12.8 Å². The van der Waals surface area contributed by atoms with Gasteiger partial charge in [0.25, 0.3) is 0 Å². The van der Waals surface area contributed by atoms with Crippen LogP contribution in [-0.4, -0.2) is 5.24 Å². The fourth-order valence-corrected chi connectivity index (χ4v) is 2.30. The minimum atomic E-state index is -0.183. The molecule has 0 unspecified atom stereocenters. The molecular weight excluding hydrogens is 220 g/mol. The van der Waals surface area contributed by atoms with E-state index in [1.165, 1.54) is 18.4 Å². The van der Waals surface area contributed by atoms with Gasteiger partial charge in [0, 0.05) is 5.92 Å². The summed E-state index contributed by atoms with van der Waals surface area (Å²) >= 11 is 5.69. The normalized spacial score (nSPS) is 19.1. The monoisotopic (exact) mass is 236 g/mol. The lowest BCUT2D eigenvalue weighted by Crippen LogP contribution is -2.16. The van der Waals surface area contributed by atoms with Crippen molar-refractivity contribution in [2.24, 2.45) is 11.3 Å². The number of carbonyl (C=O) groups is 1. The van der Waals surface area contributed by atoms with Gasteiger partial charge in [0.15, 0.2) is 0 Å². The molecule has 1 saturated carbocycles. The molecule has 0 N–H and O–H groups in total. The standard InChI is InChI=1S/C14H17ClO/c1-14(7-8-14)10-12(13(15)16)9-11-5-3-2-4-6-11/h2-6,12H,7-10H2,1H3/t12-/m0/s1. The van der Waals surface area contributed by atoms with E-state index >= 15 is 0 Å². The first-order valence-corrected chi connectivity index (χ1v) is 6.20. The Kier molecular flexibility index (Phi) is 3.34. The van der Waals surface area contributed by atoms with Crippen LogP contribution in [0.3, 0.4) is 0 Å². The van der Waals surface area contributed by atoms with Crippen molar-refractivity contribution in [2.45, 2.75) is 32.6 Å². The average Bonchev–Trinajstić information content (AvgIpc) is 2.97. The van der Waals surface area contributed by atoms with E-state index in [4.69, 9.17) is 11.6 Å². The Morgan fingerprint density at radius 1 is 1.38 bits per heavy atom. The van der Waals surface area contributed by atoms with Crippen LogP contribution in [-0.2, 0) is 11.2 Å². The first-order chi connectivity index (χ1) is 7.59. The summed E-state index contributed by atoms with van der Waals surface area (Å²) in [4.78, 5) is 11.4. The fraction of sp³-hybridized carbons (Fsp3) is 0.500. The molecule has 0 aliphatic heterocycles. The van der Waals surface area contributed by atoms with Gasteiger partial charge in [-0.25, -0.2) is 0 Å². The molecule has 0 spiro atoms. The smallest absolute Gasteiger partial charge is 0.225 e. The van der Waals surface area contributed by atoms with Gasteiger partial charge in [0.1, 0.15) is 0 Å². The molecule has 0 saturated heterocycles. The molecule has 1 nitrogen and oxygen atoms in total. The molecule has 0 radical (unpaired) electrons. The zero-order valence-electron chi connectivity index (χ0n) is 9.58. The fourth-order valence-electron chi connectivity index (χ4n) is 2.14. The molecule has 16 heavy (non-hydrogen) atoms. The van der Waals surface area contributed by atoms with Gasteiger partial charge in [-0.15, -0.1) is 0 Å². The summed E-state index contributed by atoms with van der Waals surface area (Å²) in [6, 6.07) is 10.1. The van der Waals surface area contributed by atoms with Gasteiger partial charge in [-0.3, -0.25) is 4.79 Å². The summed E-state index contributed by atoms with van der Waals surface area (Å²) < 4.78 is 0. The van der Waals surface area contributed by atoms with E-state index < -0.39 is 0 Å². The molecule has 0 amide bonds. The van der Waals surface area contributed by atoms with E-state index in [1.54, 1.807) is 0 Å². The molecule has 1 fully saturated rings. The van der Waals surface area contributed by atoms with Crippen LogP contribution in [0, 0.1) is 11.3 Å². The van der Waals surface area contributed by atoms with Crippen LogP contribution in [0.2, 0.25) is 0 Å². The van der Waals surface area contributed by atoms with Gasteiger partial charge >= 0.3 is 0 Å². The second-order valence-corrected chi connectivity index (χ2v) is 5.58. The lowest BCUT2D eigenvalue weighted by Gasteiger charge is -2.16. The van der Waals surface area contributed by atoms with Crippen LogP contribution in [0.15, 0.2) is 30.3 Å². The van der Waals surface area contributed by atoms with Crippen molar-refractivity contribution >= 4 is 16.8 Å². The molecule has 1 aromatic rings. The predicted molar refractivity (Wildman–Crippen MR) is 66.5 cm³/mol. The van der Waals surface area contributed by atoms with E-state index in [0.29, 0.717) is 5.41 Å². The zero-order valence-corrected chi connectivity index (χ0v) is 10.3. The summed E-state index contributed by atoms with van der Waals surface area (Å²) in [6.45, 7) is 2.24. The number of rotatable bonds is 5. The summed E-state index contributed by atoms with van der Waals surface area (Å²) in [5.41, 5.74) is 1.58. The molecule has 0 aromatic heterocycles. The Bertz CT molecular complexity index is 368. The second kappa shape index (κ2) is 4.58. The van der Waals surface area contributed by atoms with Crippen LogP contribution in [0.25, 0.3) is 0 Å². The summed E-state index contributed by atoms with van der Waals surface area (Å²) in [7, 11) is 0. The van der Waals surface area contributed by atoms with Crippen molar-refractivity contribution in [1.82, 2.24) is 0 Å². The molecule has 1 aliphatic carbocycles. The van der Waals surface area contributed by atoms with Gasteiger partial charge in [-0.05, 0) is 48.3 Å². The van der Waals surface area contributed by atoms with E-state index in [2.05, 4.69) is 19.1 Å². The first-order valence-electron chi connectivity index (χ1n) is 5.82. The Hall–Kier alpha value is -0.820. The van der Waals surface area contributed by atoms with Gasteiger partial charge in [0.2, 0.25) is 5.24 Å². The van der Waals surface area contributed by atoms with Gasteiger partial charge in [-0.2, -0.15) is 0 Å². The maximum atomic E-state index is 11.4. The van der Waals surface area contributed by atoms with Crippen molar-refractivity contribution in [1.29, 1.82) is 0 Å². The van der Waals surface area contributed by atoms with E-state index in [1.807, 2.05) is 18.2 Å². The van der Waals surface area contributed by atoms with Crippen molar-refractivity contribution < 1.29 is 4.79 Å². The Morgan fingerprint density at radius 3 is 2.50 bits per heavy atom. The number of hydrogen-bond donors (Lipinski definition) is 0. The molecule has 1 atom stereocenters. The number of halogens is 1. The van der Waals surface area contributed by atoms with Crippen molar-refractivity contribution in [3.8, 4) is 0 Å². The lowest BCUT2D eigenvalue weighted by atomic mass is 9.89. The van der Waals surface area contributed by atoms with Crippen LogP contribution in [0.1, 0.15) is 31.7 Å². The van der Waals surface area contributed by atoms with Crippen LogP contribution in [0.4, 0.5) is 0 Å². The number of carbonyl (C=O) groups excluding carboxylic acids is 1. The molecule has 0 heterocycles. The van der Waals surface area contributed by atoms with Gasteiger partial charge in [-0.1, -0.05) is 37.3 Å². The van der Waals surface area contributed by atoms with Crippen LogP contribution >= 0.6 is 11.6 Å². The van der Waals surface area contributed by atoms with Crippen molar-refractivity contribution in [2.75, 3.05) is 0 Å². The highest BCUT2D eigenvalue weighted by atomic mass is 35.5. The molecule has 0 bridgehead atoms. The van der Waals surface area contributed by atoms with Crippen molar-refractivity contribution in [3.05, 3.63) is 35.9 Å². The maximum Gasteiger partial charge on any atom is 0.225 e. The summed E-state index contributed by atoms with van der Waals surface area (Å²) in [5, 5.41) is -0.183. The highest BCUT2D eigenvalue weighted by Crippen LogP contribution is 2.50. The van der Waals surface area contributed by atoms with Crippen LogP contribution < -0.4 is 0 Å². The number of benzene rings is 1. The number of hydrogen-bond acceptors (Lipinski definition) is 1.